The lowest BCUT2D eigenvalue weighted by Gasteiger charge is -2.33. The first-order valence-corrected chi connectivity index (χ1v) is 12.4. The Morgan fingerprint density at radius 3 is 2.53 bits per heavy atom. The third-order valence-corrected chi connectivity index (χ3v) is 6.64. The molecule has 0 radical (unpaired) electrons. The van der Waals surface area contributed by atoms with Gasteiger partial charge >= 0.3 is 6.03 Å². The van der Waals surface area contributed by atoms with Crippen LogP contribution in [-0.2, 0) is 13.0 Å². The van der Waals surface area contributed by atoms with Crippen LogP contribution in [0.5, 0.6) is 0 Å². The lowest BCUT2D eigenvalue weighted by Crippen LogP contribution is -2.47. The maximum atomic E-state index is 13.5. The zero-order chi connectivity index (χ0) is 24.9. The minimum Gasteiger partial charge on any atom is -0.352 e. The first-order valence-electron chi connectivity index (χ1n) is 12.4. The summed E-state index contributed by atoms with van der Waals surface area (Å²) >= 11 is 0. The van der Waals surface area contributed by atoms with Crippen molar-refractivity contribution in [3.63, 3.8) is 0 Å². The van der Waals surface area contributed by atoms with Crippen molar-refractivity contribution in [2.75, 3.05) is 23.3 Å². The van der Waals surface area contributed by atoms with E-state index in [1.165, 1.54) is 0 Å². The topological polar surface area (TPSA) is 92.2 Å². The van der Waals surface area contributed by atoms with Crippen molar-refractivity contribution in [2.24, 2.45) is 0 Å². The number of amides is 2. The van der Waals surface area contributed by atoms with Crippen molar-refractivity contribution in [1.82, 2.24) is 19.9 Å². The van der Waals surface area contributed by atoms with Crippen LogP contribution in [0.3, 0.4) is 0 Å². The van der Waals surface area contributed by atoms with Gasteiger partial charge in [0, 0.05) is 31.0 Å². The minimum absolute atomic E-state index is 0.0312. The molecule has 0 bridgehead atoms. The van der Waals surface area contributed by atoms with Crippen molar-refractivity contribution >= 4 is 28.7 Å². The second-order valence-corrected chi connectivity index (χ2v) is 9.03. The quantitative estimate of drug-likeness (QED) is 0.430. The van der Waals surface area contributed by atoms with Gasteiger partial charge in [0.15, 0.2) is 11.5 Å². The summed E-state index contributed by atoms with van der Waals surface area (Å²) in [7, 11) is 0. The molecule has 1 fully saturated rings. The fraction of sp³-hybridized carbons (Fsp3) is 0.286. The highest BCUT2D eigenvalue weighted by molar-refractivity contribution is 5.90. The molecule has 0 atom stereocenters. The third kappa shape index (κ3) is 5.07. The van der Waals surface area contributed by atoms with Gasteiger partial charge in [0.1, 0.15) is 5.52 Å². The van der Waals surface area contributed by atoms with E-state index in [0.29, 0.717) is 36.6 Å². The monoisotopic (exact) mass is 482 g/mol. The highest BCUT2D eigenvalue weighted by Crippen LogP contribution is 2.19. The van der Waals surface area contributed by atoms with E-state index in [9.17, 15) is 9.59 Å². The molecule has 8 heteroatoms. The number of benzene rings is 2. The largest absolute Gasteiger partial charge is 0.352 e. The van der Waals surface area contributed by atoms with E-state index in [1.807, 2.05) is 71.6 Å². The third-order valence-electron chi connectivity index (χ3n) is 6.64. The molecule has 4 aromatic rings. The van der Waals surface area contributed by atoms with E-state index >= 15 is 0 Å². The van der Waals surface area contributed by atoms with Gasteiger partial charge in [-0.1, -0.05) is 55.5 Å². The van der Waals surface area contributed by atoms with Gasteiger partial charge in [0.2, 0.25) is 0 Å². The van der Waals surface area contributed by atoms with Crippen molar-refractivity contribution in [2.45, 2.75) is 38.8 Å². The fourth-order valence-corrected chi connectivity index (χ4v) is 4.71. The SMILES string of the molecule is CCc1ccccc1NC(=O)NC1CCN(c2nc3cccnc3n(Cc3ccccc3)c2=O)CC1. The number of para-hydroxylation sites is 1. The average Bonchev–Trinajstić information content (AvgIpc) is 2.91. The van der Waals surface area contributed by atoms with E-state index in [-0.39, 0.29) is 17.6 Å². The normalized spacial score (nSPS) is 14.1. The van der Waals surface area contributed by atoms with Gasteiger partial charge in [-0.05, 0) is 48.6 Å². The second-order valence-electron chi connectivity index (χ2n) is 9.03. The van der Waals surface area contributed by atoms with Crippen molar-refractivity contribution in [1.29, 1.82) is 0 Å². The number of hydrogen-bond donors (Lipinski definition) is 2. The molecular formula is C28H30N6O2. The van der Waals surface area contributed by atoms with Crippen molar-refractivity contribution in [3.8, 4) is 0 Å². The number of carbonyl (C=O) groups excluding carboxylic acids is 1. The first-order chi connectivity index (χ1) is 17.6. The summed E-state index contributed by atoms with van der Waals surface area (Å²) in [4.78, 5) is 37.3. The number of rotatable bonds is 6. The molecule has 36 heavy (non-hydrogen) atoms. The average molecular weight is 483 g/mol. The van der Waals surface area contributed by atoms with Crippen LogP contribution >= 0.6 is 0 Å². The lowest BCUT2D eigenvalue weighted by atomic mass is 10.1. The second kappa shape index (κ2) is 10.6. The summed E-state index contributed by atoms with van der Waals surface area (Å²) < 4.78 is 1.70. The molecule has 0 saturated carbocycles. The Morgan fingerprint density at radius 2 is 1.75 bits per heavy atom. The summed E-state index contributed by atoms with van der Waals surface area (Å²) in [6.07, 6.45) is 4.00. The molecule has 3 heterocycles. The Hall–Kier alpha value is -4.20. The van der Waals surface area contributed by atoms with Gasteiger partial charge in [-0.25, -0.2) is 14.8 Å². The Balaban J connectivity index is 1.30. The van der Waals surface area contributed by atoms with Crippen molar-refractivity contribution < 1.29 is 4.79 Å². The number of fused-ring (bicyclic) bond motifs is 1. The summed E-state index contributed by atoms with van der Waals surface area (Å²) in [5.74, 6) is 0.436. The van der Waals surface area contributed by atoms with Gasteiger partial charge in [0.05, 0.1) is 6.54 Å². The lowest BCUT2D eigenvalue weighted by molar-refractivity contribution is 0.246. The Morgan fingerprint density at radius 1 is 1.00 bits per heavy atom. The highest BCUT2D eigenvalue weighted by atomic mass is 16.2. The first kappa shape index (κ1) is 23.5. The zero-order valence-corrected chi connectivity index (χ0v) is 20.4. The maximum absolute atomic E-state index is 13.5. The summed E-state index contributed by atoms with van der Waals surface area (Å²) in [6.45, 7) is 3.77. The van der Waals surface area contributed by atoms with Crippen LogP contribution in [0.2, 0.25) is 0 Å². The molecule has 0 spiro atoms. The number of aromatic nitrogens is 3. The molecule has 1 aliphatic heterocycles. The van der Waals surface area contributed by atoms with Gasteiger partial charge in [-0.15, -0.1) is 0 Å². The number of aryl methyl sites for hydroxylation is 1. The van der Waals surface area contributed by atoms with Gasteiger partial charge in [-0.2, -0.15) is 0 Å². The van der Waals surface area contributed by atoms with E-state index in [2.05, 4.69) is 22.5 Å². The number of hydrogen-bond acceptors (Lipinski definition) is 5. The number of piperidine rings is 1. The Kier molecular flexibility index (Phi) is 6.93. The van der Waals surface area contributed by atoms with E-state index in [1.54, 1.807) is 10.8 Å². The highest BCUT2D eigenvalue weighted by Gasteiger charge is 2.25. The summed E-state index contributed by atoms with van der Waals surface area (Å²) in [5, 5.41) is 6.06. The number of pyridine rings is 1. The van der Waals surface area contributed by atoms with Gasteiger partial charge in [0.25, 0.3) is 5.56 Å². The number of anilines is 2. The van der Waals surface area contributed by atoms with Crippen LogP contribution in [0.1, 0.15) is 30.9 Å². The predicted octanol–water partition coefficient (Wildman–Crippen LogP) is 4.19. The number of urea groups is 1. The number of carbonyl (C=O) groups is 1. The van der Waals surface area contributed by atoms with E-state index in [0.717, 1.165) is 36.1 Å². The molecule has 1 saturated heterocycles. The van der Waals surface area contributed by atoms with Crippen LogP contribution < -0.4 is 21.1 Å². The van der Waals surface area contributed by atoms with Crippen LogP contribution in [-0.4, -0.2) is 39.7 Å². The molecule has 0 aliphatic carbocycles. The van der Waals surface area contributed by atoms with Gasteiger partial charge in [-0.3, -0.25) is 9.36 Å². The van der Waals surface area contributed by atoms with Crippen molar-refractivity contribution in [3.05, 3.63) is 94.4 Å². The fourth-order valence-electron chi connectivity index (χ4n) is 4.71. The molecule has 2 aromatic heterocycles. The number of nitrogens with zero attached hydrogens (tertiary/aromatic N) is 4. The summed E-state index contributed by atoms with van der Waals surface area (Å²) in [6, 6.07) is 21.3. The molecule has 2 amide bonds. The Bertz CT molecular complexity index is 1410. The minimum atomic E-state index is -0.200. The molecule has 8 nitrogen and oxygen atoms in total. The molecule has 2 aromatic carbocycles. The maximum Gasteiger partial charge on any atom is 0.319 e. The smallest absolute Gasteiger partial charge is 0.319 e. The van der Waals surface area contributed by atoms with Crippen LogP contribution in [0.15, 0.2) is 77.7 Å². The van der Waals surface area contributed by atoms with Crippen LogP contribution in [0.4, 0.5) is 16.3 Å². The standard InChI is InChI=1S/C28H30N6O2/c1-2-21-11-6-7-12-23(21)32-28(36)30-22-14-17-33(18-15-22)26-27(35)34(19-20-9-4-3-5-10-20)25-24(31-26)13-8-16-29-25/h3-13,16,22H,2,14-15,17-19H2,1H3,(H2,30,32,36). The molecule has 0 unspecified atom stereocenters. The molecule has 5 rings (SSSR count). The van der Waals surface area contributed by atoms with E-state index in [4.69, 9.17) is 4.98 Å². The molecule has 2 N–H and O–H groups in total. The number of nitrogens with one attached hydrogen (secondary N) is 2. The summed E-state index contributed by atoms with van der Waals surface area (Å²) in [5.41, 5.74) is 4.09. The van der Waals surface area contributed by atoms with Crippen LogP contribution in [0, 0.1) is 0 Å². The molecule has 1 aliphatic rings. The predicted molar refractivity (Wildman–Crippen MR) is 143 cm³/mol. The Labute approximate surface area is 210 Å². The molecular weight excluding hydrogens is 452 g/mol. The van der Waals surface area contributed by atoms with Gasteiger partial charge < -0.3 is 15.5 Å². The zero-order valence-electron chi connectivity index (χ0n) is 20.4. The van der Waals surface area contributed by atoms with Crippen LogP contribution in [0.25, 0.3) is 11.2 Å². The molecule has 184 valence electrons. The van der Waals surface area contributed by atoms with E-state index < -0.39 is 0 Å².